The van der Waals surface area contributed by atoms with Crippen molar-refractivity contribution in [2.75, 3.05) is 4.90 Å². The van der Waals surface area contributed by atoms with Gasteiger partial charge in [-0.3, -0.25) is 14.5 Å². The minimum atomic E-state index is -1.40. The fourth-order valence-corrected chi connectivity index (χ4v) is 6.68. The van der Waals surface area contributed by atoms with Gasteiger partial charge in [-0.05, 0) is 35.2 Å². The molecule has 8 rings (SSSR count). The molecule has 2 atom stereocenters. The van der Waals surface area contributed by atoms with Crippen LogP contribution in [0.2, 0.25) is 0 Å². The standard InChI is InChI=1S/C36H28N2O2/c39-33-35(25-27-15-5-1-6-16-27)31-23-13-14-24-32(31)36(29-19-9-3-10-20-29,37(33)26-28-17-7-2-8-18-28)38(34(35)40)30-21-11-4-12-22-30/h1-24H,25-26H2/t35-,36+/m0/s1. The van der Waals surface area contributed by atoms with E-state index in [-0.39, 0.29) is 18.2 Å². The third-order valence-corrected chi connectivity index (χ3v) is 8.34. The lowest BCUT2D eigenvalue weighted by molar-refractivity contribution is -0.160. The number of amides is 2. The van der Waals surface area contributed by atoms with E-state index in [9.17, 15) is 0 Å². The van der Waals surface area contributed by atoms with E-state index in [0.29, 0.717) is 6.54 Å². The van der Waals surface area contributed by atoms with Gasteiger partial charge in [-0.15, -0.1) is 0 Å². The molecule has 3 aliphatic rings. The Morgan fingerprint density at radius 1 is 0.500 bits per heavy atom. The second-order valence-corrected chi connectivity index (χ2v) is 10.5. The lowest BCUT2D eigenvalue weighted by Crippen LogP contribution is -2.79. The predicted octanol–water partition coefficient (Wildman–Crippen LogP) is 6.46. The molecule has 1 saturated heterocycles. The topological polar surface area (TPSA) is 40.6 Å². The number of hydrogen-bond acceptors (Lipinski definition) is 2. The zero-order chi connectivity index (χ0) is 27.2. The fraction of sp³-hybridized carbons (Fsp3) is 0.111. The molecule has 0 saturated carbocycles. The second-order valence-electron chi connectivity index (χ2n) is 10.5. The zero-order valence-electron chi connectivity index (χ0n) is 22.0. The average molecular weight is 521 g/mol. The molecule has 2 amide bonds. The molecule has 0 aliphatic carbocycles. The molecule has 3 heterocycles. The summed E-state index contributed by atoms with van der Waals surface area (Å²) in [5, 5.41) is 0. The molecule has 0 spiro atoms. The first kappa shape index (κ1) is 24.1. The van der Waals surface area contributed by atoms with Crippen molar-refractivity contribution in [3.63, 3.8) is 0 Å². The first-order valence-electron chi connectivity index (χ1n) is 13.6. The molecule has 4 nitrogen and oxygen atoms in total. The lowest BCUT2D eigenvalue weighted by atomic mass is 9.60. The van der Waals surface area contributed by atoms with E-state index in [4.69, 9.17) is 0 Å². The molecule has 0 aromatic heterocycles. The Hall–Kier alpha value is -4.96. The summed E-state index contributed by atoms with van der Waals surface area (Å²) < 4.78 is 0. The van der Waals surface area contributed by atoms with Gasteiger partial charge in [-0.25, -0.2) is 0 Å². The third-order valence-electron chi connectivity index (χ3n) is 8.34. The van der Waals surface area contributed by atoms with Crippen LogP contribution in [-0.2, 0) is 33.6 Å². The Balaban J connectivity index is 1.60. The second kappa shape index (κ2) is 9.35. The number of fused-ring (bicyclic) bond motifs is 2. The van der Waals surface area contributed by atoms with Gasteiger partial charge in [0.05, 0.1) is 0 Å². The van der Waals surface area contributed by atoms with Gasteiger partial charge in [-0.1, -0.05) is 133 Å². The largest absolute Gasteiger partial charge is 0.306 e. The van der Waals surface area contributed by atoms with Gasteiger partial charge in [0.2, 0.25) is 11.8 Å². The van der Waals surface area contributed by atoms with Crippen molar-refractivity contribution in [1.82, 2.24) is 4.90 Å². The van der Waals surface area contributed by atoms with Gasteiger partial charge in [0.15, 0.2) is 11.1 Å². The summed E-state index contributed by atoms with van der Waals surface area (Å²) in [6.07, 6.45) is 0.280. The van der Waals surface area contributed by atoms with Crippen molar-refractivity contribution in [3.8, 4) is 0 Å². The van der Waals surface area contributed by atoms with Crippen LogP contribution < -0.4 is 4.90 Å². The van der Waals surface area contributed by atoms with E-state index in [1.54, 1.807) is 0 Å². The minimum Gasteiger partial charge on any atom is -0.306 e. The van der Waals surface area contributed by atoms with Gasteiger partial charge in [0.25, 0.3) is 0 Å². The number of hydrogen-bond donors (Lipinski definition) is 0. The monoisotopic (exact) mass is 520 g/mol. The van der Waals surface area contributed by atoms with Gasteiger partial charge in [-0.2, -0.15) is 0 Å². The summed E-state index contributed by atoms with van der Waals surface area (Å²) in [7, 11) is 0. The van der Waals surface area contributed by atoms with E-state index in [1.807, 2.05) is 149 Å². The highest BCUT2D eigenvalue weighted by molar-refractivity contribution is 6.22. The molecular weight excluding hydrogens is 492 g/mol. The smallest absolute Gasteiger partial charge is 0.250 e. The summed E-state index contributed by atoms with van der Waals surface area (Å²) >= 11 is 0. The van der Waals surface area contributed by atoms with Crippen LogP contribution in [0.3, 0.4) is 0 Å². The maximum atomic E-state index is 15.1. The highest BCUT2D eigenvalue weighted by Gasteiger charge is 2.70. The number of benzene rings is 5. The number of rotatable bonds is 6. The highest BCUT2D eigenvalue weighted by atomic mass is 16.2. The summed E-state index contributed by atoms with van der Waals surface area (Å²) in [6, 6.07) is 47.7. The van der Waals surface area contributed by atoms with Crippen LogP contribution in [0, 0.1) is 0 Å². The summed E-state index contributed by atoms with van der Waals surface area (Å²) in [5.41, 5.74) is 2.75. The van der Waals surface area contributed by atoms with E-state index in [2.05, 4.69) is 6.07 Å². The van der Waals surface area contributed by atoms with Crippen LogP contribution in [-0.4, -0.2) is 16.7 Å². The molecule has 40 heavy (non-hydrogen) atoms. The predicted molar refractivity (Wildman–Crippen MR) is 156 cm³/mol. The molecule has 0 unspecified atom stereocenters. The average Bonchev–Trinajstić information content (AvgIpc) is 3.02. The SMILES string of the molecule is O=C1N(Cc2ccccc2)[C@@]2(c3ccccc3)c3ccccc3[C@]1(Cc1ccccc1)C(=O)N2c1ccccc1. The molecule has 1 fully saturated rings. The van der Waals surface area contributed by atoms with Crippen molar-refractivity contribution in [2.24, 2.45) is 0 Å². The fourth-order valence-electron chi connectivity index (χ4n) is 6.68. The molecule has 194 valence electrons. The van der Waals surface area contributed by atoms with E-state index < -0.39 is 11.1 Å². The van der Waals surface area contributed by atoms with Gasteiger partial charge >= 0.3 is 0 Å². The maximum absolute atomic E-state index is 15.1. The quantitative estimate of drug-likeness (QED) is 0.241. The Morgan fingerprint density at radius 3 is 1.62 bits per heavy atom. The number of carbonyl (C=O) groups excluding carboxylic acids is 2. The Bertz CT molecular complexity index is 1690. The normalized spacial score (nSPS) is 21.4. The summed E-state index contributed by atoms with van der Waals surface area (Å²) in [5.74, 6) is -0.362. The maximum Gasteiger partial charge on any atom is 0.250 e. The number of anilines is 1. The molecular formula is C36H28N2O2. The first-order chi connectivity index (χ1) is 19.7. The molecule has 0 N–H and O–H groups in total. The molecule has 3 aliphatic heterocycles. The van der Waals surface area contributed by atoms with Crippen molar-refractivity contribution in [2.45, 2.75) is 24.0 Å². The van der Waals surface area contributed by atoms with Crippen LogP contribution in [0.25, 0.3) is 0 Å². The van der Waals surface area contributed by atoms with Crippen molar-refractivity contribution in [1.29, 1.82) is 0 Å². The molecule has 2 bridgehead atoms. The van der Waals surface area contributed by atoms with Crippen LogP contribution >= 0.6 is 0 Å². The summed E-state index contributed by atoms with van der Waals surface area (Å²) in [6.45, 7) is 0.357. The van der Waals surface area contributed by atoms with Gasteiger partial charge in [0, 0.05) is 23.4 Å². The number of para-hydroxylation sites is 1. The van der Waals surface area contributed by atoms with Crippen LogP contribution in [0.5, 0.6) is 0 Å². The molecule has 4 heteroatoms. The first-order valence-corrected chi connectivity index (χ1v) is 13.6. The van der Waals surface area contributed by atoms with Crippen LogP contribution in [0.15, 0.2) is 146 Å². The van der Waals surface area contributed by atoms with Crippen LogP contribution in [0.1, 0.15) is 27.8 Å². The van der Waals surface area contributed by atoms with Gasteiger partial charge < -0.3 is 4.90 Å². The van der Waals surface area contributed by atoms with Crippen molar-refractivity contribution < 1.29 is 9.59 Å². The molecule has 5 aromatic carbocycles. The van der Waals surface area contributed by atoms with E-state index >= 15 is 9.59 Å². The Kier molecular flexibility index (Phi) is 5.64. The van der Waals surface area contributed by atoms with Crippen molar-refractivity contribution >= 4 is 17.5 Å². The molecule has 0 radical (unpaired) electrons. The summed E-state index contributed by atoms with van der Waals surface area (Å²) in [4.78, 5) is 34.1. The number of nitrogens with zero attached hydrogens (tertiary/aromatic N) is 2. The highest BCUT2D eigenvalue weighted by Crippen LogP contribution is 2.58. The lowest BCUT2D eigenvalue weighted by Gasteiger charge is -2.63. The Morgan fingerprint density at radius 2 is 1.00 bits per heavy atom. The third kappa shape index (κ3) is 3.32. The molecule has 5 aromatic rings. The van der Waals surface area contributed by atoms with E-state index in [1.165, 1.54) is 0 Å². The van der Waals surface area contributed by atoms with Gasteiger partial charge in [0.1, 0.15) is 0 Å². The number of carbonyl (C=O) groups is 2. The van der Waals surface area contributed by atoms with Crippen molar-refractivity contribution in [3.05, 3.63) is 173 Å². The Labute approximate surface area is 234 Å². The zero-order valence-corrected chi connectivity index (χ0v) is 22.0. The van der Waals surface area contributed by atoms with Crippen LogP contribution in [0.4, 0.5) is 5.69 Å². The minimum absolute atomic E-state index is 0.167. The van der Waals surface area contributed by atoms with E-state index in [0.717, 1.165) is 33.5 Å².